The number of nitrogens with zero attached hydrogens (tertiary/aromatic N) is 2. The Morgan fingerprint density at radius 1 is 1.43 bits per heavy atom. The molecule has 1 unspecified atom stereocenters. The molecule has 0 aliphatic carbocycles. The third-order valence-electron chi connectivity index (χ3n) is 3.54. The molecule has 0 saturated carbocycles. The fraction of sp³-hybridized carbons (Fsp3) is 0.467. The van der Waals surface area contributed by atoms with Gasteiger partial charge in [0.1, 0.15) is 11.6 Å². The van der Waals surface area contributed by atoms with Crippen LogP contribution in [0.1, 0.15) is 36.2 Å². The first kappa shape index (κ1) is 14.0. The number of benzene rings is 1. The first-order chi connectivity index (χ1) is 10.2. The third-order valence-corrected chi connectivity index (χ3v) is 3.54. The Morgan fingerprint density at radius 3 is 3.14 bits per heavy atom. The van der Waals surface area contributed by atoms with Crippen LogP contribution in [0.3, 0.4) is 0 Å². The summed E-state index contributed by atoms with van der Waals surface area (Å²) < 4.78 is 24.2. The molecule has 0 spiro atoms. The molecule has 3 rings (SSSR count). The fourth-order valence-corrected chi connectivity index (χ4v) is 2.56. The van der Waals surface area contributed by atoms with Crippen LogP contribution in [0, 0.1) is 12.7 Å². The molecule has 1 aromatic heterocycles. The van der Waals surface area contributed by atoms with E-state index in [1.54, 1.807) is 19.1 Å². The molecule has 2 aromatic rings. The van der Waals surface area contributed by atoms with E-state index in [9.17, 15) is 4.39 Å². The molecular weight excluding hydrogens is 273 g/mol. The summed E-state index contributed by atoms with van der Waals surface area (Å²) in [4.78, 5) is 4.17. The predicted octanol–water partition coefficient (Wildman–Crippen LogP) is 2.56. The molecule has 21 heavy (non-hydrogen) atoms. The maximum Gasteiger partial charge on any atom is 0.227 e. The second-order valence-electron chi connectivity index (χ2n) is 5.16. The molecule has 1 aliphatic heterocycles. The van der Waals surface area contributed by atoms with Gasteiger partial charge in [-0.25, -0.2) is 4.39 Å². The summed E-state index contributed by atoms with van der Waals surface area (Å²) >= 11 is 0. The van der Waals surface area contributed by atoms with Crippen molar-refractivity contribution in [1.29, 1.82) is 0 Å². The molecule has 1 N–H and O–H groups in total. The van der Waals surface area contributed by atoms with Gasteiger partial charge in [-0.05, 0) is 38.0 Å². The number of rotatable bonds is 4. The number of halogens is 1. The lowest BCUT2D eigenvalue weighted by atomic mass is 10.0. The monoisotopic (exact) mass is 291 g/mol. The largest absolute Gasteiger partial charge is 0.493 e. The van der Waals surface area contributed by atoms with E-state index < -0.39 is 0 Å². The minimum Gasteiger partial charge on any atom is -0.493 e. The van der Waals surface area contributed by atoms with Gasteiger partial charge in [-0.3, -0.25) is 0 Å². The van der Waals surface area contributed by atoms with E-state index >= 15 is 0 Å². The highest BCUT2D eigenvalue weighted by molar-refractivity contribution is 5.37. The van der Waals surface area contributed by atoms with Crippen molar-refractivity contribution in [1.82, 2.24) is 15.5 Å². The van der Waals surface area contributed by atoms with Crippen LogP contribution in [0.4, 0.5) is 4.39 Å². The zero-order chi connectivity index (χ0) is 14.7. The van der Waals surface area contributed by atoms with Crippen LogP contribution < -0.4 is 10.1 Å². The molecule has 5 nitrogen and oxygen atoms in total. The number of aryl methyl sites for hydroxylation is 1. The molecule has 112 valence electrons. The van der Waals surface area contributed by atoms with Crippen LogP contribution in [-0.2, 0) is 6.42 Å². The lowest BCUT2D eigenvalue weighted by molar-refractivity contribution is 0.314. The van der Waals surface area contributed by atoms with Crippen molar-refractivity contribution in [3.8, 4) is 5.75 Å². The normalized spacial score (nSPS) is 17.9. The molecule has 0 radical (unpaired) electrons. The topological polar surface area (TPSA) is 60.2 Å². The SMILES string of the molecule is Cc1noc(CCNC2CCCOc3ccc(F)cc32)n1. The molecule has 1 atom stereocenters. The summed E-state index contributed by atoms with van der Waals surface area (Å²) in [5.74, 6) is 1.78. The summed E-state index contributed by atoms with van der Waals surface area (Å²) in [6, 6.07) is 4.77. The van der Waals surface area contributed by atoms with Crippen molar-refractivity contribution in [3.63, 3.8) is 0 Å². The first-order valence-electron chi connectivity index (χ1n) is 7.17. The van der Waals surface area contributed by atoms with E-state index in [0.29, 0.717) is 31.3 Å². The number of nitrogens with one attached hydrogen (secondary N) is 1. The van der Waals surface area contributed by atoms with E-state index in [1.165, 1.54) is 6.07 Å². The summed E-state index contributed by atoms with van der Waals surface area (Å²) in [5.41, 5.74) is 0.884. The van der Waals surface area contributed by atoms with Crippen LogP contribution in [0.25, 0.3) is 0 Å². The Labute approximate surface area is 122 Å². The quantitative estimate of drug-likeness (QED) is 0.938. The Kier molecular flexibility index (Phi) is 4.15. The lowest BCUT2D eigenvalue weighted by Gasteiger charge is -2.18. The predicted molar refractivity (Wildman–Crippen MR) is 74.6 cm³/mol. The van der Waals surface area contributed by atoms with Crippen molar-refractivity contribution in [3.05, 3.63) is 41.3 Å². The van der Waals surface area contributed by atoms with Crippen molar-refractivity contribution >= 4 is 0 Å². The number of fused-ring (bicyclic) bond motifs is 1. The number of hydrogen-bond acceptors (Lipinski definition) is 5. The van der Waals surface area contributed by atoms with Crippen LogP contribution in [0.5, 0.6) is 5.75 Å². The van der Waals surface area contributed by atoms with Gasteiger partial charge in [-0.2, -0.15) is 4.98 Å². The van der Waals surface area contributed by atoms with Crippen LogP contribution >= 0.6 is 0 Å². The molecule has 1 aliphatic rings. The van der Waals surface area contributed by atoms with Crippen LogP contribution in [0.15, 0.2) is 22.7 Å². The molecule has 0 saturated heterocycles. The van der Waals surface area contributed by atoms with Crippen LogP contribution in [0.2, 0.25) is 0 Å². The van der Waals surface area contributed by atoms with Crippen molar-refractivity contribution in [2.24, 2.45) is 0 Å². The summed E-state index contributed by atoms with van der Waals surface area (Å²) in [7, 11) is 0. The molecule has 6 heteroatoms. The van der Waals surface area contributed by atoms with E-state index in [2.05, 4.69) is 15.5 Å². The van der Waals surface area contributed by atoms with E-state index in [0.717, 1.165) is 24.2 Å². The minimum absolute atomic E-state index is 0.0854. The minimum atomic E-state index is -0.237. The summed E-state index contributed by atoms with van der Waals surface area (Å²) in [6.07, 6.45) is 2.51. The van der Waals surface area contributed by atoms with Gasteiger partial charge in [0.05, 0.1) is 6.61 Å². The molecule has 0 amide bonds. The van der Waals surface area contributed by atoms with Gasteiger partial charge < -0.3 is 14.6 Å². The Balaban J connectivity index is 1.66. The fourth-order valence-electron chi connectivity index (χ4n) is 2.56. The third kappa shape index (κ3) is 3.39. The smallest absolute Gasteiger partial charge is 0.227 e. The molecular formula is C15H18FN3O2. The number of ether oxygens (including phenoxy) is 1. The maximum absolute atomic E-state index is 13.5. The number of aromatic nitrogens is 2. The van der Waals surface area contributed by atoms with Gasteiger partial charge in [0.15, 0.2) is 5.82 Å². The Morgan fingerprint density at radius 2 is 2.33 bits per heavy atom. The maximum atomic E-state index is 13.5. The molecule has 1 aromatic carbocycles. The zero-order valence-electron chi connectivity index (χ0n) is 11.9. The highest BCUT2D eigenvalue weighted by Gasteiger charge is 2.20. The molecule has 2 heterocycles. The summed E-state index contributed by atoms with van der Waals surface area (Å²) in [5, 5.41) is 7.19. The summed E-state index contributed by atoms with van der Waals surface area (Å²) in [6.45, 7) is 3.16. The van der Waals surface area contributed by atoms with Crippen molar-refractivity contribution in [2.75, 3.05) is 13.2 Å². The van der Waals surface area contributed by atoms with E-state index in [4.69, 9.17) is 9.26 Å². The van der Waals surface area contributed by atoms with E-state index in [1.807, 2.05) is 0 Å². The average molecular weight is 291 g/mol. The van der Waals surface area contributed by atoms with Gasteiger partial charge in [0.2, 0.25) is 5.89 Å². The second kappa shape index (κ2) is 6.22. The van der Waals surface area contributed by atoms with Gasteiger partial charge in [-0.1, -0.05) is 5.16 Å². The lowest BCUT2D eigenvalue weighted by Crippen LogP contribution is -2.23. The standard InChI is InChI=1S/C15H18FN3O2/c1-10-18-15(21-19-10)6-7-17-13-3-2-8-20-14-5-4-11(16)9-12(13)14/h4-5,9,13,17H,2-3,6-8H2,1H3. The first-order valence-corrected chi connectivity index (χ1v) is 7.17. The second-order valence-corrected chi connectivity index (χ2v) is 5.16. The number of hydrogen-bond donors (Lipinski definition) is 1. The highest BCUT2D eigenvalue weighted by Crippen LogP contribution is 2.31. The zero-order valence-corrected chi connectivity index (χ0v) is 11.9. The highest BCUT2D eigenvalue weighted by atomic mass is 19.1. The van der Waals surface area contributed by atoms with Gasteiger partial charge >= 0.3 is 0 Å². The van der Waals surface area contributed by atoms with E-state index in [-0.39, 0.29) is 11.9 Å². The van der Waals surface area contributed by atoms with Crippen molar-refractivity contribution in [2.45, 2.75) is 32.2 Å². The molecule has 0 bridgehead atoms. The van der Waals surface area contributed by atoms with Gasteiger partial charge in [-0.15, -0.1) is 0 Å². The Hall–Kier alpha value is -1.95. The molecule has 0 fully saturated rings. The van der Waals surface area contributed by atoms with Crippen molar-refractivity contribution < 1.29 is 13.7 Å². The van der Waals surface area contributed by atoms with Gasteiger partial charge in [0.25, 0.3) is 0 Å². The van der Waals surface area contributed by atoms with Crippen LogP contribution in [-0.4, -0.2) is 23.3 Å². The average Bonchev–Trinajstić information content (AvgIpc) is 2.77. The Bertz CT molecular complexity index is 615. The van der Waals surface area contributed by atoms with Gasteiger partial charge in [0, 0.05) is 24.6 Å².